The third kappa shape index (κ3) is 6.64. The van der Waals surface area contributed by atoms with Crippen molar-refractivity contribution in [3.05, 3.63) is 106 Å². The van der Waals surface area contributed by atoms with Crippen molar-refractivity contribution in [2.75, 3.05) is 0 Å². The predicted molar refractivity (Wildman–Crippen MR) is 183 cm³/mol. The Morgan fingerprint density at radius 3 is 1.07 bits per heavy atom. The van der Waals surface area contributed by atoms with Crippen LogP contribution in [0.25, 0.3) is 10.8 Å². The summed E-state index contributed by atoms with van der Waals surface area (Å²) in [6.07, 6.45) is 0. The van der Waals surface area contributed by atoms with E-state index in [1.54, 1.807) is 0 Å². The van der Waals surface area contributed by atoms with E-state index in [-0.39, 0.29) is 0 Å². The zero-order valence-corrected chi connectivity index (χ0v) is 29.5. The SMILES string of the molecule is CC(C)c1cccc(C(C)C)c1N=C1C(=Nc2c(C(C)C)cccc2C(C)C)c2cccc3cccc1c23.[Br][Fe][Br]. The molecule has 4 aromatic rings. The molecule has 0 saturated carbocycles. The first-order valence-electron chi connectivity index (χ1n) is 14.4. The molecule has 0 saturated heterocycles. The number of benzene rings is 4. The van der Waals surface area contributed by atoms with E-state index >= 15 is 0 Å². The number of aliphatic imine (C=N–C) groups is 2. The number of halogens is 2. The van der Waals surface area contributed by atoms with Crippen molar-refractivity contribution < 1.29 is 11.3 Å². The molecular formula is C36H40Br2FeN2. The van der Waals surface area contributed by atoms with Crippen LogP contribution in [0.3, 0.4) is 0 Å². The molecule has 2 nitrogen and oxygen atoms in total. The van der Waals surface area contributed by atoms with Crippen LogP contribution in [0.5, 0.6) is 0 Å². The van der Waals surface area contributed by atoms with E-state index in [0.717, 1.165) is 34.1 Å². The molecule has 216 valence electrons. The first kappa shape index (κ1) is 31.9. The molecule has 0 N–H and O–H groups in total. The molecule has 0 amide bonds. The van der Waals surface area contributed by atoms with Gasteiger partial charge in [-0.05, 0) is 51.3 Å². The molecule has 1 aliphatic carbocycles. The van der Waals surface area contributed by atoms with Crippen molar-refractivity contribution in [3.63, 3.8) is 0 Å². The average molecular weight is 716 g/mol. The Labute approximate surface area is 266 Å². The quantitative estimate of drug-likeness (QED) is 0.178. The topological polar surface area (TPSA) is 24.7 Å². The van der Waals surface area contributed by atoms with Gasteiger partial charge in [0.2, 0.25) is 0 Å². The summed E-state index contributed by atoms with van der Waals surface area (Å²) in [5.41, 5.74) is 11.7. The van der Waals surface area contributed by atoms with Crippen LogP contribution in [0.1, 0.15) is 112 Å². The maximum absolute atomic E-state index is 5.55. The summed E-state index contributed by atoms with van der Waals surface area (Å²) in [6.45, 7) is 18.1. The average Bonchev–Trinajstić information content (AvgIpc) is 3.22. The van der Waals surface area contributed by atoms with Gasteiger partial charge in [-0.3, -0.25) is 0 Å². The van der Waals surface area contributed by atoms with Crippen LogP contribution in [-0.4, -0.2) is 11.4 Å². The van der Waals surface area contributed by atoms with E-state index < -0.39 is 0 Å². The number of rotatable bonds is 6. The third-order valence-corrected chi connectivity index (χ3v) is 7.77. The molecule has 0 fully saturated rings. The Balaban J connectivity index is 0.00000124. The van der Waals surface area contributed by atoms with Crippen LogP contribution < -0.4 is 0 Å². The second kappa shape index (κ2) is 14.0. The van der Waals surface area contributed by atoms with Gasteiger partial charge >= 0.3 is 39.6 Å². The third-order valence-electron chi connectivity index (χ3n) is 7.77. The Kier molecular flexibility index (Phi) is 10.9. The molecule has 0 heterocycles. The van der Waals surface area contributed by atoms with E-state index in [4.69, 9.17) is 9.98 Å². The first-order valence-corrected chi connectivity index (χ1v) is 19.9. The molecule has 0 aromatic heterocycles. The van der Waals surface area contributed by atoms with E-state index in [1.807, 2.05) is 0 Å². The minimum atomic E-state index is 0.377. The van der Waals surface area contributed by atoms with Crippen molar-refractivity contribution in [1.82, 2.24) is 0 Å². The van der Waals surface area contributed by atoms with Crippen LogP contribution in [0, 0.1) is 0 Å². The Bertz CT molecular complexity index is 1430. The molecule has 1 aliphatic rings. The molecule has 5 rings (SSSR count). The van der Waals surface area contributed by atoms with Gasteiger partial charge in [0.15, 0.2) is 0 Å². The number of nitrogens with zero attached hydrogens (tertiary/aromatic N) is 2. The minimum absolute atomic E-state index is 0.377. The van der Waals surface area contributed by atoms with Gasteiger partial charge in [-0.2, -0.15) is 0 Å². The fraction of sp³-hybridized carbons (Fsp3) is 0.333. The van der Waals surface area contributed by atoms with Crippen LogP contribution in [-0.2, 0) is 11.3 Å². The van der Waals surface area contributed by atoms with Crippen LogP contribution in [0.4, 0.5) is 11.4 Å². The summed E-state index contributed by atoms with van der Waals surface area (Å²) in [7, 11) is 0. The van der Waals surface area contributed by atoms with Crippen LogP contribution >= 0.6 is 28.2 Å². The normalized spacial score (nSPS) is 14.8. The zero-order chi connectivity index (χ0) is 29.8. The molecule has 0 aliphatic heterocycles. The predicted octanol–water partition coefficient (Wildman–Crippen LogP) is 12.3. The van der Waals surface area contributed by atoms with Gasteiger partial charge in [0.1, 0.15) is 0 Å². The first-order chi connectivity index (χ1) is 19.6. The summed E-state index contributed by atoms with van der Waals surface area (Å²) < 4.78 is 0. The summed E-state index contributed by atoms with van der Waals surface area (Å²) in [6, 6.07) is 26.5. The van der Waals surface area contributed by atoms with Crippen LogP contribution in [0.2, 0.25) is 0 Å². The molecule has 5 heteroatoms. The summed E-state index contributed by atoms with van der Waals surface area (Å²) >= 11 is 7.00. The van der Waals surface area contributed by atoms with Crippen molar-refractivity contribution in [1.29, 1.82) is 0 Å². The maximum atomic E-state index is 5.55. The fourth-order valence-electron chi connectivity index (χ4n) is 5.72. The molecule has 0 atom stereocenters. The molecule has 0 spiro atoms. The van der Waals surface area contributed by atoms with E-state index in [1.165, 1.54) is 44.2 Å². The van der Waals surface area contributed by atoms with E-state index in [2.05, 4.69) is 156 Å². The second-order valence-electron chi connectivity index (χ2n) is 11.9. The summed E-state index contributed by atoms with van der Waals surface area (Å²) in [4.78, 5) is 11.1. The van der Waals surface area contributed by atoms with Gasteiger partial charge < -0.3 is 0 Å². The molecule has 4 aromatic carbocycles. The monoisotopic (exact) mass is 714 g/mol. The second-order valence-corrected chi connectivity index (χ2v) is 17.4. The molecule has 0 radical (unpaired) electrons. The van der Waals surface area contributed by atoms with Gasteiger partial charge in [-0.1, -0.05) is 128 Å². The van der Waals surface area contributed by atoms with Gasteiger partial charge in [0.05, 0.1) is 22.8 Å². The standard InChI is InChI=1S/C36H40N2.2BrH.Fe/c1-21(2)26-15-11-16-27(22(3)4)33(26)37-35-30-19-9-13-25-14-10-20-31(32(25)30)36(35)38-34-28(23(5)6)17-12-18-29(34)24(7)8;;;/h9-24H,1-8H3;2*1H;/q;;;+2/p-2. The van der Waals surface area contributed by atoms with Gasteiger partial charge in [0, 0.05) is 16.5 Å². The van der Waals surface area contributed by atoms with Crippen molar-refractivity contribution in [3.8, 4) is 0 Å². The zero-order valence-electron chi connectivity index (χ0n) is 25.2. The van der Waals surface area contributed by atoms with Gasteiger partial charge in [0.25, 0.3) is 0 Å². The summed E-state index contributed by atoms with van der Waals surface area (Å²) in [5.74, 6) is 1.51. The molecule has 0 bridgehead atoms. The van der Waals surface area contributed by atoms with Crippen LogP contribution in [0.15, 0.2) is 82.8 Å². The van der Waals surface area contributed by atoms with E-state index in [9.17, 15) is 0 Å². The Morgan fingerprint density at radius 2 is 0.780 bits per heavy atom. The van der Waals surface area contributed by atoms with Crippen molar-refractivity contribution >= 4 is 61.8 Å². The Hall–Kier alpha value is -2.04. The van der Waals surface area contributed by atoms with Gasteiger partial charge in [-0.15, -0.1) is 0 Å². The molecule has 0 unspecified atom stereocenters. The van der Waals surface area contributed by atoms with E-state index in [0.29, 0.717) is 23.7 Å². The molecular weight excluding hydrogens is 676 g/mol. The number of hydrogen-bond acceptors (Lipinski definition) is 2. The van der Waals surface area contributed by atoms with Crippen molar-refractivity contribution in [2.24, 2.45) is 9.98 Å². The Morgan fingerprint density at radius 1 is 0.488 bits per heavy atom. The van der Waals surface area contributed by atoms with Crippen molar-refractivity contribution in [2.45, 2.75) is 79.1 Å². The fourth-order valence-corrected chi connectivity index (χ4v) is 5.72. The number of para-hydroxylation sites is 2. The van der Waals surface area contributed by atoms with Gasteiger partial charge in [-0.25, -0.2) is 9.98 Å². The molecule has 41 heavy (non-hydrogen) atoms. The summed E-state index contributed by atoms with van der Waals surface area (Å²) in [5, 5.41) is 2.49. The number of hydrogen-bond donors (Lipinski definition) is 0.